The molecule has 0 aliphatic heterocycles. The lowest BCUT2D eigenvalue weighted by molar-refractivity contribution is 0.610. The van der Waals surface area contributed by atoms with Crippen molar-refractivity contribution in [3.05, 3.63) is 227 Å². The maximum atomic E-state index is 5.76. The van der Waals surface area contributed by atoms with Crippen molar-refractivity contribution in [3.8, 4) is 45.7 Å². The summed E-state index contributed by atoms with van der Waals surface area (Å²) in [4.78, 5) is 2.41. The van der Waals surface area contributed by atoms with Crippen molar-refractivity contribution in [2.24, 2.45) is 0 Å². The molecule has 0 amide bonds. The van der Waals surface area contributed by atoms with Gasteiger partial charge in [0.25, 0.3) is 0 Å². The summed E-state index contributed by atoms with van der Waals surface area (Å²) in [7, 11) is 0. The Kier molecular flexibility index (Phi) is 9.38. The predicted octanol–water partition coefficient (Wildman–Crippen LogP) is 15.6. The Morgan fingerprint density at radius 2 is 1.15 bits per heavy atom. The molecule has 0 N–H and O–H groups in total. The number of benzene rings is 7. The molecule has 0 saturated heterocycles. The molecule has 60 heavy (non-hydrogen) atoms. The van der Waals surface area contributed by atoms with E-state index in [0.29, 0.717) is 0 Å². The van der Waals surface area contributed by atoms with E-state index in [1.54, 1.807) is 0 Å². The highest BCUT2D eigenvalue weighted by Gasteiger charge is 2.47. The van der Waals surface area contributed by atoms with E-state index in [0.717, 1.165) is 42.7 Å². The van der Waals surface area contributed by atoms with Gasteiger partial charge in [0.1, 0.15) is 0 Å². The molecule has 0 saturated carbocycles. The fourth-order valence-electron chi connectivity index (χ4n) is 10.6. The molecule has 0 heterocycles. The second-order valence-electron chi connectivity index (χ2n) is 17.0. The van der Waals surface area contributed by atoms with Gasteiger partial charge in [0.05, 0.1) is 5.41 Å². The summed E-state index contributed by atoms with van der Waals surface area (Å²) < 4.78 is 0. The van der Waals surface area contributed by atoms with Gasteiger partial charge in [-0.3, -0.25) is 0 Å². The van der Waals surface area contributed by atoms with Crippen molar-refractivity contribution in [2.75, 3.05) is 4.90 Å². The summed E-state index contributed by atoms with van der Waals surface area (Å²) in [6.45, 7) is 6.98. The van der Waals surface area contributed by atoms with Gasteiger partial charge in [0, 0.05) is 28.9 Å². The van der Waals surface area contributed by atoms with Gasteiger partial charge >= 0.3 is 0 Å². The first-order chi connectivity index (χ1) is 29.4. The number of hydrogen-bond donors (Lipinski definition) is 0. The highest BCUT2D eigenvalue weighted by atomic mass is 15.1. The van der Waals surface area contributed by atoms with Gasteiger partial charge in [-0.05, 0) is 135 Å². The third-order valence-corrected chi connectivity index (χ3v) is 13.5. The van der Waals surface area contributed by atoms with Crippen LogP contribution in [0.4, 0.5) is 17.1 Å². The topological polar surface area (TPSA) is 3.24 Å². The molecule has 0 aromatic heterocycles. The average molecular weight is 772 g/mol. The maximum absolute atomic E-state index is 5.76. The lowest BCUT2D eigenvalue weighted by Crippen LogP contribution is -2.30. The first-order valence-electron chi connectivity index (χ1n) is 21.4. The highest BCUT2D eigenvalue weighted by molar-refractivity contribution is 5.89. The molecule has 0 radical (unpaired) electrons. The molecule has 0 bridgehead atoms. The standard InChI is InChI=1S/C59H49N/c1-5-6-25-54-41(2)51-38-36-50(40-56(51)58(54,3)4)60(48-32-27-43(28-33-48)42-18-10-7-11-19-42)49-34-29-44(30-35-49)45-31-37-53-52-24-16-17-26-55(52)59(57(53)39-45,46-20-12-8-13-21-46)47-22-14-9-15-23-47/h1,7-14,16-22,24,26-40H,6,15,23,25H2,2-4H3. The van der Waals surface area contributed by atoms with Crippen LogP contribution in [0.5, 0.6) is 0 Å². The summed E-state index contributed by atoms with van der Waals surface area (Å²) in [6, 6.07) is 63.2. The van der Waals surface area contributed by atoms with Gasteiger partial charge in [-0.2, -0.15) is 0 Å². The minimum atomic E-state index is -0.355. The summed E-state index contributed by atoms with van der Waals surface area (Å²) >= 11 is 0. The minimum Gasteiger partial charge on any atom is -0.310 e. The fourth-order valence-corrected chi connectivity index (χ4v) is 10.6. The van der Waals surface area contributed by atoms with E-state index in [2.05, 4.69) is 220 Å². The number of nitrogens with zero attached hydrogens (tertiary/aromatic N) is 1. The van der Waals surface area contributed by atoms with Gasteiger partial charge in [-0.1, -0.05) is 171 Å². The van der Waals surface area contributed by atoms with Crippen LogP contribution in [0.1, 0.15) is 74.3 Å². The molecule has 7 aromatic carbocycles. The zero-order valence-corrected chi connectivity index (χ0v) is 34.8. The highest BCUT2D eigenvalue weighted by Crippen LogP contribution is 2.58. The zero-order chi connectivity index (χ0) is 40.8. The summed E-state index contributed by atoms with van der Waals surface area (Å²) in [5.74, 6) is 2.88. The summed E-state index contributed by atoms with van der Waals surface area (Å²) in [5, 5.41) is 0. The number of anilines is 3. The van der Waals surface area contributed by atoms with E-state index in [1.807, 2.05) is 0 Å². The number of allylic oxidation sites excluding steroid dienone is 6. The van der Waals surface area contributed by atoms with Crippen molar-refractivity contribution >= 4 is 22.6 Å². The van der Waals surface area contributed by atoms with Crippen LogP contribution in [0.25, 0.3) is 39.0 Å². The first-order valence-corrected chi connectivity index (χ1v) is 21.4. The second-order valence-corrected chi connectivity index (χ2v) is 17.0. The summed E-state index contributed by atoms with van der Waals surface area (Å²) in [5.41, 5.74) is 21.4. The van der Waals surface area contributed by atoms with Gasteiger partial charge in [0.2, 0.25) is 0 Å². The maximum Gasteiger partial charge on any atom is 0.0676 e. The Bertz CT molecular complexity index is 2880. The summed E-state index contributed by atoms with van der Waals surface area (Å²) in [6.07, 6.45) is 16.4. The van der Waals surface area contributed by atoms with E-state index in [4.69, 9.17) is 6.42 Å². The smallest absolute Gasteiger partial charge is 0.0676 e. The van der Waals surface area contributed by atoms with Crippen molar-refractivity contribution in [1.29, 1.82) is 0 Å². The van der Waals surface area contributed by atoms with Crippen LogP contribution in [-0.4, -0.2) is 0 Å². The Morgan fingerprint density at radius 3 is 1.83 bits per heavy atom. The molecule has 1 nitrogen and oxygen atoms in total. The average Bonchev–Trinajstić information content (AvgIpc) is 3.70. The van der Waals surface area contributed by atoms with Gasteiger partial charge < -0.3 is 4.90 Å². The Balaban J connectivity index is 1.08. The monoisotopic (exact) mass is 771 g/mol. The quantitative estimate of drug-likeness (QED) is 0.132. The lowest BCUT2D eigenvalue weighted by Gasteiger charge is -2.37. The number of hydrogen-bond acceptors (Lipinski definition) is 1. The molecule has 10 rings (SSSR count). The number of terminal acetylenes is 1. The Labute approximate surface area is 356 Å². The van der Waals surface area contributed by atoms with Crippen molar-refractivity contribution in [1.82, 2.24) is 0 Å². The van der Waals surface area contributed by atoms with Crippen LogP contribution in [0.2, 0.25) is 0 Å². The predicted molar refractivity (Wildman–Crippen MR) is 254 cm³/mol. The van der Waals surface area contributed by atoms with E-state index in [9.17, 15) is 0 Å². The third kappa shape index (κ3) is 6.01. The van der Waals surface area contributed by atoms with E-state index in [-0.39, 0.29) is 10.8 Å². The number of fused-ring (bicyclic) bond motifs is 4. The number of rotatable bonds is 9. The fraction of sp³-hybridized carbons (Fsp3) is 0.153. The van der Waals surface area contributed by atoms with E-state index < -0.39 is 0 Å². The van der Waals surface area contributed by atoms with Crippen LogP contribution in [0, 0.1) is 12.3 Å². The van der Waals surface area contributed by atoms with Gasteiger partial charge in [-0.25, -0.2) is 0 Å². The molecule has 7 aromatic rings. The van der Waals surface area contributed by atoms with Crippen LogP contribution in [0.3, 0.4) is 0 Å². The molecule has 0 spiro atoms. The first kappa shape index (κ1) is 37.4. The van der Waals surface area contributed by atoms with Gasteiger partial charge in [-0.15, -0.1) is 12.3 Å². The largest absolute Gasteiger partial charge is 0.310 e. The molecular formula is C59H49N. The third-order valence-electron chi connectivity index (χ3n) is 13.5. The van der Waals surface area contributed by atoms with E-state index in [1.165, 1.54) is 77.9 Å². The molecule has 0 fully saturated rings. The van der Waals surface area contributed by atoms with Crippen molar-refractivity contribution in [2.45, 2.75) is 57.3 Å². The Hall–Kier alpha value is -6.88. The van der Waals surface area contributed by atoms with Crippen molar-refractivity contribution < 1.29 is 0 Å². The molecular weight excluding hydrogens is 723 g/mol. The van der Waals surface area contributed by atoms with Crippen LogP contribution in [-0.2, 0) is 10.8 Å². The zero-order valence-electron chi connectivity index (χ0n) is 34.8. The SMILES string of the molecule is C#CCCC1=C(C)c2ccc(N(c3ccc(-c4ccccc4)cc3)c3ccc(-c4ccc5c(c4)C(C4=CC=CCC4)(c4ccccc4)c4ccccc4-5)cc3)cc2C1(C)C. The molecule has 290 valence electrons. The molecule has 3 aliphatic rings. The van der Waals surface area contributed by atoms with E-state index >= 15 is 0 Å². The van der Waals surface area contributed by atoms with Crippen molar-refractivity contribution in [3.63, 3.8) is 0 Å². The molecule has 1 unspecified atom stereocenters. The van der Waals surface area contributed by atoms with Crippen LogP contribution >= 0.6 is 0 Å². The van der Waals surface area contributed by atoms with Crippen LogP contribution in [0.15, 0.2) is 199 Å². The lowest BCUT2D eigenvalue weighted by atomic mass is 9.65. The Morgan fingerprint density at radius 1 is 0.567 bits per heavy atom. The molecule has 1 heteroatoms. The normalized spacial score (nSPS) is 17.1. The second kappa shape index (κ2) is 15.1. The van der Waals surface area contributed by atoms with Crippen LogP contribution < -0.4 is 4.90 Å². The minimum absolute atomic E-state index is 0.106. The molecule has 3 aliphatic carbocycles. The molecule has 1 atom stereocenters. The van der Waals surface area contributed by atoms with Gasteiger partial charge in [0.15, 0.2) is 0 Å².